The maximum atomic E-state index is 12.3. The van der Waals surface area contributed by atoms with Crippen LogP contribution in [0.5, 0.6) is 0 Å². The van der Waals surface area contributed by atoms with Crippen molar-refractivity contribution in [3.05, 3.63) is 5.82 Å². The van der Waals surface area contributed by atoms with Gasteiger partial charge >= 0.3 is 0 Å². The van der Waals surface area contributed by atoms with Crippen molar-refractivity contribution in [3.63, 3.8) is 0 Å². The number of thioether (sulfide) groups is 1. The molecule has 1 aromatic heterocycles. The second-order valence-electron chi connectivity index (χ2n) is 7.00. The fourth-order valence-corrected chi connectivity index (χ4v) is 4.56. The number of hydrogen-bond acceptors (Lipinski definition) is 4. The van der Waals surface area contributed by atoms with E-state index in [-0.39, 0.29) is 5.91 Å². The first kappa shape index (κ1) is 16.8. The van der Waals surface area contributed by atoms with Crippen LogP contribution in [0, 0.1) is 5.92 Å². The quantitative estimate of drug-likeness (QED) is 0.809. The smallest absolute Gasteiger partial charge is 0.233 e. The van der Waals surface area contributed by atoms with E-state index in [1.807, 2.05) is 11.9 Å². The van der Waals surface area contributed by atoms with Crippen molar-refractivity contribution in [3.8, 4) is 0 Å². The van der Waals surface area contributed by atoms with Crippen LogP contribution in [0.2, 0.25) is 0 Å². The predicted molar refractivity (Wildman–Crippen MR) is 92.4 cm³/mol. The Kier molecular flexibility index (Phi) is 5.97. The molecule has 6 heteroatoms. The molecule has 0 unspecified atom stereocenters. The highest BCUT2D eigenvalue weighted by molar-refractivity contribution is 7.99. The molecule has 2 saturated carbocycles. The van der Waals surface area contributed by atoms with Gasteiger partial charge in [0.2, 0.25) is 11.1 Å². The maximum absolute atomic E-state index is 12.3. The van der Waals surface area contributed by atoms with E-state index in [4.69, 9.17) is 0 Å². The first-order valence-corrected chi connectivity index (χ1v) is 10.0. The summed E-state index contributed by atoms with van der Waals surface area (Å²) in [5.41, 5.74) is 0. The molecule has 2 aliphatic rings. The molecule has 5 nitrogen and oxygen atoms in total. The van der Waals surface area contributed by atoms with Gasteiger partial charge in [-0.3, -0.25) is 9.89 Å². The highest BCUT2D eigenvalue weighted by Gasteiger charge is 2.22. The number of hydrogen-bond donors (Lipinski definition) is 1. The molecule has 23 heavy (non-hydrogen) atoms. The molecule has 1 amide bonds. The van der Waals surface area contributed by atoms with Gasteiger partial charge in [-0.2, -0.15) is 0 Å². The molecule has 1 heterocycles. The van der Waals surface area contributed by atoms with Crippen LogP contribution in [0.1, 0.15) is 63.6 Å². The van der Waals surface area contributed by atoms with Gasteiger partial charge < -0.3 is 4.90 Å². The van der Waals surface area contributed by atoms with E-state index in [2.05, 4.69) is 15.2 Å². The van der Waals surface area contributed by atoms with Crippen molar-refractivity contribution in [2.45, 2.75) is 75.4 Å². The van der Waals surface area contributed by atoms with Crippen LogP contribution in [-0.4, -0.2) is 44.8 Å². The Bertz CT molecular complexity index is 506. The Morgan fingerprint density at radius 2 is 1.87 bits per heavy atom. The number of nitrogens with one attached hydrogen (secondary N) is 1. The zero-order valence-electron chi connectivity index (χ0n) is 14.1. The zero-order valence-corrected chi connectivity index (χ0v) is 14.9. The van der Waals surface area contributed by atoms with Gasteiger partial charge in [0.05, 0.1) is 5.75 Å². The number of carbonyl (C=O) groups excluding carboxylic acids is 1. The van der Waals surface area contributed by atoms with E-state index < -0.39 is 0 Å². The summed E-state index contributed by atoms with van der Waals surface area (Å²) >= 11 is 1.45. The molecule has 3 rings (SSSR count). The molecular weight excluding hydrogens is 308 g/mol. The van der Waals surface area contributed by atoms with Crippen molar-refractivity contribution in [2.24, 2.45) is 5.92 Å². The van der Waals surface area contributed by atoms with Crippen molar-refractivity contribution < 1.29 is 4.79 Å². The largest absolute Gasteiger partial charge is 0.342 e. The third-order valence-corrected chi connectivity index (χ3v) is 6.14. The molecule has 128 valence electrons. The van der Waals surface area contributed by atoms with E-state index >= 15 is 0 Å². The van der Waals surface area contributed by atoms with Gasteiger partial charge in [0.25, 0.3) is 0 Å². The fraction of sp³-hybridized carbons (Fsp3) is 0.824. The van der Waals surface area contributed by atoms with Gasteiger partial charge in [0.15, 0.2) is 0 Å². The van der Waals surface area contributed by atoms with E-state index in [1.165, 1.54) is 56.7 Å². The third kappa shape index (κ3) is 4.72. The minimum atomic E-state index is 0.198. The molecule has 2 aliphatic carbocycles. The first-order chi connectivity index (χ1) is 11.2. The Hall–Kier alpha value is -1.04. The molecule has 2 fully saturated rings. The maximum Gasteiger partial charge on any atom is 0.233 e. The number of nitrogens with zero attached hydrogens (tertiary/aromatic N) is 3. The molecular formula is C17H28N4OS. The Balaban J connectivity index is 1.44. The molecule has 0 atom stereocenters. The van der Waals surface area contributed by atoms with Crippen LogP contribution in [-0.2, 0) is 11.2 Å². The van der Waals surface area contributed by atoms with Crippen LogP contribution in [0.3, 0.4) is 0 Å². The van der Waals surface area contributed by atoms with Crippen LogP contribution in [0.4, 0.5) is 0 Å². The Morgan fingerprint density at radius 3 is 2.61 bits per heavy atom. The molecule has 0 radical (unpaired) electrons. The van der Waals surface area contributed by atoms with Crippen LogP contribution in [0.15, 0.2) is 5.16 Å². The van der Waals surface area contributed by atoms with Crippen molar-refractivity contribution in [2.75, 3.05) is 12.8 Å². The standard InChI is InChI=1S/C17H28N4OS/c1-21(14-9-3-2-4-10-14)16(22)12-23-17-18-15(19-20-17)11-13-7-5-6-8-13/h13-14H,2-12H2,1H3,(H,18,19,20). The normalized spacial score (nSPS) is 20.0. The predicted octanol–water partition coefficient (Wildman–Crippen LogP) is 3.42. The number of amides is 1. The summed E-state index contributed by atoms with van der Waals surface area (Å²) in [5.74, 6) is 2.38. The Labute approximate surface area is 143 Å². The van der Waals surface area contributed by atoms with Crippen molar-refractivity contribution in [1.82, 2.24) is 20.1 Å². The zero-order chi connectivity index (χ0) is 16.1. The van der Waals surface area contributed by atoms with Gasteiger partial charge in [-0.15, -0.1) is 5.10 Å². The van der Waals surface area contributed by atoms with Crippen LogP contribution < -0.4 is 0 Å². The highest BCUT2D eigenvalue weighted by atomic mass is 32.2. The number of aromatic nitrogens is 3. The number of aromatic amines is 1. The lowest BCUT2D eigenvalue weighted by Gasteiger charge is -2.31. The second-order valence-corrected chi connectivity index (χ2v) is 7.95. The summed E-state index contributed by atoms with van der Waals surface area (Å²) < 4.78 is 0. The summed E-state index contributed by atoms with van der Waals surface area (Å²) in [6.07, 6.45) is 12.4. The second kappa shape index (κ2) is 8.18. The number of carbonyl (C=O) groups is 1. The number of rotatable bonds is 6. The molecule has 0 aromatic carbocycles. The van der Waals surface area contributed by atoms with Crippen molar-refractivity contribution in [1.29, 1.82) is 0 Å². The van der Waals surface area contributed by atoms with Gasteiger partial charge in [-0.1, -0.05) is 56.7 Å². The van der Waals surface area contributed by atoms with Gasteiger partial charge in [0, 0.05) is 19.5 Å². The molecule has 0 saturated heterocycles. The summed E-state index contributed by atoms with van der Waals surface area (Å²) in [4.78, 5) is 18.8. The lowest BCUT2D eigenvalue weighted by Crippen LogP contribution is -2.39. The van der Waals surface area contributed by atoms with Gasteiger partial charge in [-0.25, -0.2) is 4.98 Å². The topological polar surface area (TPSA) is 61.9 Å². The Morgan fingerprint density at radius 1 is 1.17 bits per heavy atom. The van der Waals surface area contributed by atoms with Crippen LogP contribution in [0.25, 0.3) is 0 Å². The summed E-state index contributed by atoms with van der Waals surface area (Å²) in [7, 11) is 1.95. The minimum Gasteiger partial charge on any atom is -0.342 e. The van der Waals surface area contributed by atoms with Gasteiger partial charge in [0.1, 0.15) is 5.82 Å². The van der Waals surface area contributed by atoms with E-state index in [1.54, 1.807) is 0 Å². The lowest BCUT2D eigenvalue weighted by atomic mass is 9.94. The summed E-state index contributed by atoms with van der Waals surface area (Å²) in [6, 6.07) is 0.432. The molecule has 0 spiro atoms. The molecule has 1 N–H and O–H groups in total. The highest BCUT2D eigenvalue weighted by Crippen LogP contribution is 2.27. The van der Waals surface area contributed by atoms with Crippen LogP contribution >= 0.6 is 11.8 Å². The monoisotopic (exact) mass is 336 g/mol. The van der Waals surface area contributed by atoms with Gasteiger partial charge in [-0.05, 0) is 18.8 Å². The number of H-pyrrole nitrogens is 1. The van der Waals surface area contributed by atoms with E-state index in [0.717, 1.165) is 31.0 Å². The minimum absolute atomic E-state index is 0.198. The molecule has 0 aliphatic heterocycles. The third-order valence-electron chi connectivity index (χ3n) is 5.31. The first-order valence-electron chi connectivity index (χ1n) is 9.02. The average Bonchev–Trinajstić information content (AvgIpc) is 3.25. The fourth-order valence-electron chi connectivity index (χ4n) is 3.82. The van der Waals surface area contributed by atoms with E-state index in [0.29, 0.717) is 17.0 Å². The lowest BCUT2D eigenvalue weighted by molar-refractivity contribution is -0.129. The van der Waals surface area contributed by atoms with E-state index in [9.17, 15) is 4.79 Å². The summed E-state index contributed by atoms with van der Waals surface area (Å²) in [6.45, 7) is 0. The summed E-state index contributed by atoms with van der Waals surface area (Å²) in [5, 5.41) is 8.01. The molecule has 1 aromatic rings. The average molecular weight is 337 g/mol. The van der Waals surface area contributed by atoms with Crippen molar-refractivity contribution >= 4 is 17.7 Å². The SMILES string of the molecule is CN(C(=O)CSc1n[nH]c(CC2CCCC2)n1)C1CCCCC1. The molecule has 0 bridgehead atoms.